The maximum Gasteiger partial charge on any atom is 0.439 e. The number of hydrogen-bond acceptors (Lipinski definition) is 5. The fourth-order valence-corrected chi connectivity index (χ4v) is 4.93. The Balaban J connectivity index is 1.47. The molecule has 0 amide bonds. The number of aromatic nitrogens is 4. The minimum absolute atomic E-state index is 0.0299. The van der Waals surface area contributed by atoms with Gasteiger partial charge in [-0.05, 0) is 42.0 Å². The molecule has 7 nitrogen and oxygen atoms in total. The van der Waals surface area contributed by atoms with E-state index in [-0.39, 0.29) is 5.56 Å². The number of nitrogens with zero attached hydrogens (tertiary/aromatic N) is 3. The summed E-state index contributed by atoms with van der Waals surface area (Å²) in [6.07, 6.45) is 4.55. The summed E-state index contributed by atoms with van der Waals surface area (Å²) in [4.78, 5) is 32.9. The van der Waals surface area contributed by atoms with Crippen LogP contribution >= 0.6 is 0 Å². The zero-order chi connectivity index (χ0) is 27.2. The second kappa shape index (κ2) is 11.9. The van der Waals surface area contributed by atoms with Crippen molar-refractivity contribution in [3.63, 3.8) is 0 Å². The van der Waals surface area contributed by atoms with Crippen molar-refractivity contribution in [2.24, 2.45) is 0 Å². The lowest BCUT2D eigenvalue weighted by atomic mass is 9.96. The van der Waals surface area contributed by atoms with Crippen molar-refractivity contribution >= 4 is 0 Å². The number of H-pyrrole nitrogens is 1. The van der Waals surface area contributed by atoms with Crippen LogP contribution in [-0.4, -0.2) is 19.7 Å². The molecular weight excluding hydrogens is 488 g/mol. The Labute approximate surface area is 227 Å². The summed E-state index contributed by atoms with van der Waals surface area (Å²) in [5.74, 6) is 0.549. The van der Waals surface area contributed by atoms with E-state index in [1.54, 1.807) is 4.57 Å². The standard InChI is InChI=1S/C32H32N4O3/c1-3-4-6-15-29-28(31(37)36(22(2)33-29)21-24-11-7-5-8-12-24)20-23-16-18-25(19-17-23)26-13-9-10-14-27(26)30-34-32(38)39-35-30/h5,7-14,16-19H,3-4,6,15,20-21H2,1-2H3,(H,34,35,38). The fourth-order valence-electron chi connectivity index (χ4n) is 4.93. The van der Waals surface area contributed by atoms with E-state index < -0.39 is 5.76 Å². The van der Waals surface area contributed by atoms with Crippen molar-refractivity contribution in [1.29, 1.82) is 0 Å². The van der Waals surface area contributed by atoms with E-state index in [1.165, 1.54) is 0 Å². The molecule has 0 unspecified atom stereocenters. The highest BCUT2D eigenvalue weighted by Gasteiger charge is 2.16. The molecule has 3 aromatic carbocycles. The van der Waals surface area contributed by atoms with Crippen LogP contribution in [0.4, 0.5) is 0 Å². The molecule has 0 radical (unpaired) electrons. The van der Waals surface area contributed by atoms with Crippen LogP contribution in [0.25, 0.3) is 22.5 Å². The van der Waals surface area contributed by atoms with Crippen molar-refractivity contribution in [2.45, 2.75) is 52.5 Å². The summed E-state index contributed by atoms with van der Waals surface area (Å²) in [5.41, 5.74) is 6.49. The molecule has 5 aromatic rings. The molecule has 2 heterocycles. The van der Waals surface area contributed by atoms with Gasteiger partial charge in [0, 0.05) is 17.5 Å². The topological polar surface area (TPSA) is 93.8 Å². The minimum atomic E-state index is -0.588. The molecule has 39 heavy (non-hydrogen) atoms. The third-order valence-electron chi connectivity index (χ3n) is 7.01. The molecule has 2 aromatic heterocycles. The second-order valence-electron chi connectivity index (χ2n) is 9.78. The maximum atomic E-state index is 13.8. The average Bonchev–Trinajstić information content (AvgIpc) is 3.40. The highest BCUT2D eigenvalue weighted by atomic mass is 16.5. The summed E-state index contributed by atoms with van der Waals surface area (Å²) >= 11 is 0. The summed E-state index contributed by atoms with van der Waals surface area (Å²) in [6.45, 7) is 4.60. The summed E-state index contributed by atoms with van der Waals surface area (Å²) in [6, 6.07) is 25.9. The van der Waals surface area contributed by atoms with Gasteiger partial charge in [-0.1, -0.05) is 104 Å². The second-order valence-corrected chi connectivity index (χ2v) is 9.78. The van der Waals surface area contributed by atoms with Gasteiger partial charge in [0.1, 0.15) is 5.82 Å². The molecule has 198 valence electrons. The molecule has 0 aliphatic rings. The van der Waals surface area contributed by atoms with Gasteiger partial charge < -0.3 is 0 Å². The van der Waals surface area contributed by atoms with Crippen LogP contribution in [0, 0.1) is 6.92 Å². The molecular formula is C32H32N4O3. The molecule has 0 atom stereocenters. The van der Waals surface area contributed by atoms with Crippen molar-refractivity contribution in [2.75, 3.05) is 0 Å². The van der Waals surface area contributed by atoms with E-state index in [0.717, 1.165) is 70.6 Å². The molecule has 7 heteroatoms. The Morgan fingerprint density at radius 2 is 1.56 bits per heavy atom. The van der Waals surface area contributed by atoms with Crippen molar-refractivity contribution in [3.05, 3.63) is 128 Å². The molecule has 0 aliphatic heterocycles. The van der Waals surface area contributed by atoms with E-state index in [1.807, 2.05) is 85.8 Å². The van der Waals surface area contributed by atoms with Crippen molar-refractivity contribution < 1.29 is 4.52 Å². The molecule has 5 rings (SSSR count). The summed E-state index contributed by atoms with van der Waals surface area (Å²) in [5, 5.41) is 3.85. The lowest BCUT2D eigenvalue weighted by Crippen LogP contribution is -2.30. The normalized spacial score (nSPS) is 11.1. The molecule has 0 saturated heterocycles. The van der Waals surface area contributed by atoms with Crippen LogP contribution in [-0.2, 0) is 19.4 Å². The zero-order valence-electron chi connectivity index (χ0n) is 22.3. The fraction of sp³-hybridized carbons (Fsp3) is 0.250. The Bertz CT molecular complexity index is 1660. The lowest BCUT2D eigenvalue weighted by Gasteiger charge is -2.16. The minimum Gasteiger partial charge on any atom is -0.296 e. The van der Waals surface area contributed by atoms with Crippen LogP contribution in [0.15, 0.2) is 93.0 Å². The molecule has 0 spiro atoms. The highest BCUT2D eigenvalue weighted by molar-refractivity contribution is 5.80. The van der Waals surface area contributed by atoms with Crippen molar-refractivity contribution in [1.82, 2.24) is 19.7 Å². The molecule has 0 saturated carbocycles. The first kappa shape index (κ1) is 26.1. The van der Waals surface area contributed by atoms with Gasteiger partial charge in [-0.15, -0.1) is 0 Å². The molecule has 1 N–H and O–H groups in total. The largest absolute Gasteiger partial charge is 0.439 e. The smallest absolute Gasteiger partial charge is 0.296 e. The number of hydrogen-bond donors (Lipinski definition) is 1. The van der Waals surface area contributed by atoms with E-state index in [2.05, 4.69) is 17.1 Å². The van der Waals surface area contributed by atoms with Crippen LogP contribution in [0.2, 0.25) is 0 Å². The van der Waals surface area contributed by atoms with Crippen LogP contribution in [0.3, 0.4) is 0 Å². The number of unbranched alkanes of at least 4 members (excludes halogenated alkanes) is 2. The van der Waals surface area contributed by atoms with Crippen LogP contribution in [0.1, 0.15) is 54.4 Å². The first-order chi connectivity index (χ1) is 19.0. The number of nitrogens with one attached hydrogen (secondary N) is 1. The van der Waals surface area contributed by atoms with Gasteiger partial charge in [-0.2, -0.15) is 0 Å². The highest BCUT2D eigenvalue weighted by Crippen LogP contribution is 2.30. The molecule has 0 fully saturated rings. The lowest BCUT2D eigenvalue weighted by molar-refractivity contribution is 0.388. The number of rotatable bonds is 10. The third kappa shape index (κ3) is 5.98. The van der Waals surface area contributed by atoms with Crippen LogP contribution in [0.5, 0.6) is 0 Å². The first-order valence-electron chi connectivity index (χ1n) is 13.4. The maximum absolute atomic E-state index is 13.8. The molecule has 0 aliphatic carbocycles. The van der Waals surface area contributed by atoms with Crippen molar-refractivity contribution in [3.8, 4) is 22.5 Å². The van der Waals surface area contributed by atoms with Gasteiger partial charge in [0.15, 0.2) is 5.82 Å². The Morgan fingerprint density at radius 1 is 0.846 bits per heavy atom. The number of benzene rings is 3. The van der Waals surface area contributed by atoms with Gasteiger partial charge in [-0.3, -0.25) is 18.9 Å². The van der Waals surface area contributed by atoms with Gasteiger partial charge in [0.05, 0.1) is 12.2 Å². The van der Waals surface area contributed by atoms with E-state index in [4.69, 9.17) is 9.51 Å². The Morgan fingerprint density at radius 3 is 2.26 bits per heavy atom. The van der Waals surface area contributed by atoms with Gasteiger partial charge >= 0.3 is 5.76 Å². The summed E-state index contributed by atoms with van der Waals surface area (Å²) in [7, 11) is 0. The summed E-state index contributed by atoms with van der Waals surface area (Å²) < 4.78 is 6.50. The van der Waals surface area contributed by atoms with Gasteiger partial charge in [0.25, 0.3) is 5.56 Å². The van der Waals surface area contributed by atoms with E-state index >= 15 is 0 Å². The predicted octanol–water partition coefficient (Wildman–Crippen LogP) is 5.93. The van der Waals surface area contributed by atoms with E-state index in [9.17, 15) is 9.59 Å². The van der Waals surface area contributed by atoms with E-state index in [0.29, 0.717) is 18.8 Å². The van der Waals surface area contributed by atoms with Gasteiger partial charge in [-0.25, -0.2) is 9.78 Å². The molecule has 0 bridgehead atoms. The zero-order valence-corrected chi connectivity index (χ0v) is 22.3. The predicted molar refractivity (Wildman–Crippen MR) is 153 cm³/mol. The SMILES string of the molecule is CCCCCc1nc(C)n(Cc2ccccc2)c(=O)c1Cc1ccc(-c2ccccc2-c2noc(=O)[nH]2)cc1. The number of aromatic amines is 1. The first-order valence-corrected chi connectivity index (χ1v) is 13.4. The van der Waals surface area contributed by atoms with Gasteiger partial charge in [0.2, 0.25) is 0 Å². The average molecular weight is 521 g/mol. The number of aryl methyl sites for hydroxylation is 2. The van der Waals surface area contributed by atoms with Crippen LogP contribution < -0.4 is 11.3 Å². The third-order valence-corrected chi connectivity index (χ3v) is 7.01. The quantitative estimate of drug-likeness (QED) is 0.230. The Kier molecular flexibility index (Phi) is 7.96. The monoisotopic (exact) mass is 520 g/mol. The Hall–Kier alpha value is -4.52.